The first-order valence-electron chi connectivity index (χ1n) is 36.8. The molecule has 0 amide bonds. The zero-order valence-corrected chi connectivity index (χ0v) is 60.4. The van der Waals surface area contributed by atoms with E-state index in [0.29, 0.717) is 31.6 Å². The van der Waals surface area contributed by atoms with Crippen LogP contribution in [0.5, 0.6) is 0 Å². The number of aliphatic hydroxyl groups is 1. The Labute approximate surface area is 549 Å². The molecule has 0 aliphatic heterocycles. The predicted molar refractivity (Wildman–Crippen MR) is 363 cm³/mol. The van der Waals surface area contributed by atoms with Gasteiger partial charge in [-0.15, -0.1) is 0 Å². The Bertz CT molecular complexity index is 1770. The molecule has 0 rings (SSSR count). The lowest BCUT2D eigenvalue weighted by molar-refractivity contribution is -0.161. The molecule has 0 bridgehead atoms. The zero-order valence-electron chi connectivity index (χ0n) is 58.6. The van der Waals surface area contributed by atoms with Crippen LogP contribution in [-0.2, 0) is 65.4 Å². The molecular formula is C71H138O17P2. The predicted octanol–water partition coefficient (Wildman–Crippen LogP) is 20.2. The smallest absolute Gasteiger partial charge is 0.462 e. The molecule has 534 valence electrons. The normalized spacial score (nSPS) is 14.2. The molecule has 0 spiro atoms. The zero-order chi connectivity index (χ0) is 66.6. The lowest BCUT2D eigenvalue weighted by Gasteiger charge is -2.21. The SMILES string of the molecule is CCCCCCCCCCCCCC(=O)O[C@H](COC(=O)CCCCCCCCC(C)C)COP(=O)(O)OC[C@H](O)COP(=O)(O)OC[C@@H](COC(=O)CCCCCCCCCCCCC(C)C)OC(=O)CCCCCCCCCCCCCCCCC(C)C. The van der Waals surface area contributed by atoms with Gasteiger partial charge < -0.3 is 33.8 Å². The van der Waals surface area contributed by atoms with Gasteiger partial charge in [0.1, 0.15) is 19.3 Å². The van der Waals surface area contributed by atoms with E-state index in [4.69, 9.17) is 37.0 Å². The van der Waals surface area contributed by atoms with Gasteiger partial charge in [0, 0.05) is 25.7 Å². The number of ether oxygens (including phenoxy) is 4. The second-order valence-electron chi connectivity index (χ2n) is 27.1. The van der Waals surface area contributed by atoms with Crippen LogP contribution in [0.25, 0.3) is 0 Å². The molecule has 0 radical (unpaired) electrons. The molecule has 2 unspecified atom stereocenters. The lowest BCUT2D eigenvalue weighted by atomic mass is 10.0. The molecule has 0 aliphatic carbocycles. The summed E-state index contributed by atoms with van der Waals surface area (Å²) >= 11 is 0. The molecule has 3 N–H and O–H groups in total. The van der Waals surface area contributed by atoms with Crippen molar-refractivity contribution in [1.82, 2.24) is 0 Å². The average Bonchev–Trinajstić information content (AvgIpc) is 2.85. The van der Waals surface area contributed by atoms with Gasteiger partial charge in [-0.1, -0.05) is 305 Å². The minimum atomic E-state index is -4.95. The summed E-state index contributed by atoms with van der Waals surface area (Å²) in [7, 11) is -9.90. The summed E-state index contributed by atoms with van der Waals surface area (Å²) in [5.74, 6) is 0.107. The van der Waals surface area contributed by atoms with Gasteiger partial charge in [0.05, 0.1) is 26.4 Å². The first-order chi connectivity index (χ1) is 43.2. The van der Waals surface area contributed by atoms with Gasteiger partial charge in [-0.05, 0) is 43.4 Å². The summed E-state index contributed by atoms with van der Waals surface area (Å²) in [6.45, 7) is 11.8. The van der Waals surface area contributed by atoms with Gasteiger partial charge in [-0.25, -0.2) is 9.13 Å². The number of unbranched alkanes of at least 4 members (excludes halogenated alkanes) is 37. The number of carbonyl (C=O) groups is 4. The average molecular weight is 1330 g/mol. The molecule has 0 saturated heterocycles. The molecule has 0 aromatic heterocycles. The first-order valence-corrected chi connectivity index (χ1v) is 39.8. The van der Waals surface area contributed by atoms with Crippen LogP contribution < -0.4 is 0 Å². The quantitative estimate of drug-likeness (QED) is 0.0222. The van der Waals surface area contributed by atoms with Crippen molar-refractivity contribution >= 4 is 39.5 Å². The van der Waals surface area contributed by atoms with Crippen LogP contribution in [-0.4, -0.2) is 96.7 Å². The third kappa shape index (κ3) is 64.8. The van der Waals surface area contributed by atoms with Gasteiger partial charge in [0.2, 0.25) is 0 Å². The molecule has 0 aromatic carbocycles. The molecule has 5 atom stereocenters. The second kappa shape index (κ2) is 61.9. The molecule has 0 aliphatic rings. The highest BCUT2D eigenvalue weighted by atomic mass is 31.2. The lowest BCUT2D eigenvalue weighted by Crippen LogP contribution is -2.30. The highest BCUT2D eigenvalue weighted by molar-refractivity contribution is 7.47. The van der Waals surface area contributed by atoms with Crippen molar-refractivity contribution in [3.8, 4) is 0 Å². The van der Waals surface area contributed by atoms with Crippen molar-refractivity contribution in [2.45, 2.75) is 375 Å². The second-order valence-corrected chi connectivity index (χ2v) is 30.0. The number of hydrogen-bond donors (Lipinski definition) is 3. The van der Waals surface area contributed by atoms with E-state index >= 15 is 0 Å². The number of hydrogen-bond acceptors (Lipinski definition) is 15. The highest BCUT2D eigenvalue weighted by Crippen LogP contribution is 2.45. The maximum atomic E-state index is 13.0. The summed E-state index contributed by atoms with van der Waals surface area (Å²) in [6.07, 6.45) is 45.9. The Kier molecular flexibility index (Phi) is 60.6. The highest BCUT2D eigenvalue weighted by Gasteiger charge is 2.30. The summed E-state index contributed by atoms with van der Waals surface area (Å²) in [6, 6.07) is 0. The van der Waals surface area contributed by atoms with Crippen molar-refractivity contribution in [1.29, 1.82) is 0 Å². The monoisotopic (exact) mass is 1320 g/mol. The number of phosphoric ester groups is 2. The van der Waals surface area contributed by atoms with E-state index in [2.05, 4.69) is 48.5 Å². The Morgan fingerprint density at radius 3 is 0.756 bits per heavy atom. The van der Waals surface area contributed by atoms with E-state index in [0.717, 1.165) is 108 Å². The van der Waals surface area contributed by atoms with Gasteiger partial charge in [0.15, 0.2) is 12.2 Å². The molecule has 90 heavy (non-hydrogen) atoms. The van der Waals surface area contributed by atoms with E-state index in [9.17, 15) is 43.2 Å². The summed E-state index contributed by atoms with van der Waals surface area (Å²) < 4.78 is 68.3. The van der Waals surface area contributed by atoms with Crippen LogP contribution >= 0.6 is 15.6 Å². The van der Waals surface area contributed by atoms with E-state index in [1.807, 2.05) is 0 Å². The topological polar surface area (TPSA) is 237 Å². The molecule has 0 fully saturated rings. The summed E-state index contributed by atoms with van der Waals surface area (Å²) in [5, 5.41) is 10.6. The Morgan fingerprint density at radius 1 is 0.300 bits per heavy atom. The standard InChI is InChI=1S/C71H138O17P2/c1-8-9-10-11-12-13-18-26-31-40-47-54-70(75)88-67(59-82-69(74)53-46-39-34-33-37-44-51-64(6)7)61-86-90(79,80)84-57-65(72)56-83-89(77,78)85-60-66(58-81-68(73)52-45-38-30-25-22-21-24-29-36-43-50-63(4)5)87-71(76)55-48-41-32-27-20-17-15-14-16-19-23-28-35-42-49-62(2)3/h62-67,72H,8-61H2,1-7H3,(H,77,78)(H,79,80)/t65-,66-,67-/m1/s1. The van der Waals surface area contributed by atoms with Gasteiger partial charge in [0.25, 0.3) is 0 Å². The van der Waals surface area contributed by atoms with Gasteiger partial charge in [-0.3, -0.25) is 37.3 Å². The van der Waals surface area contributed by atoms with E-state index in [1.54, 1.807) is 0 Å². The molecule has 0 aromatic rings. The van der Waals surface area contributed by atoms with Crippen molar-refractivity contribution < 1.29 is 80.2 Å². The fourth-order valence-corrected chi connectivity index (χ4v) is 12.3. The number of carbonyl (C=O) groups excluding carboxylic acids is 4. The van der Waals surface area contributed by atoms with Crippen LogP contribution in [0.15, 0.2) is 0 Å². The van der Waals surface area contributed by atoms with Crippen LogP contribution in [0.1, 0.15) is 357 Å². The van der Waals surface area contributed by atoms with E-state index in [-0.39, 0.29) is 25.7 Å². The molecule has 17 nitrogen and oxygen atoms in total. The number of phosphoric acid groups is 2. The minimum Gasteiger partial charge on any atom is -0.462 e. The van der Waals surface area contributed by atoms with Crippen molar-refractivity contribution in [2.24, 2.45) is 17.8 Å². The van der Waals surface area contributed by atoms with Crippen LogP contribution in [0.4, 0.5) is 0 Å². The van der Waals surface area contributed by atoms with E-state index in [1.165, 1.54) is 161 Å². The minimum absolute atomic E-state index is 0.106. The molecular weight excluding hydrogens is 1190 g/mol. The van der Waals surface area contributed by atoms with Gasteiger partial charge in [-0.2, -0.15) is 0 Å². The number of esters is 4. The van der Waals surface area contributed by atoms with Crippen LogP contribution in [0.2, 0.25) is 0 Å². The first kappa shape index (κ1) is 88.1. The van der Waals surface area contributed by atoms with Crippen molar-refractivity contribution in [2.75, 3.05) is 39.6 Å². The van der Waals surface area contributed by atoms with E-state index < -0.39 is 97.5 Å². The third-order valence-electron chi connectivity index (χ3n) is 16.4. The maximum Gasteiger partial charge on any atom is 0.472 e. The largest absolute Gasteiger partial charge is 0.472 e. The third-order valence-corrected chi connectivity index (χ3v) is 18.3. The summed E-state index contributed by atoms with van der Waals surface area (Å²) in [4.78, 5) is 72.5. The van der Waals surface area contributed by atoms with Crippen LogP contribution in [0, 0.1) is 17.8 Å². The van der Waals surface area contributed by atoms with Gasteiger partial charge >= 0.3 is 39.5 Å². The van der Waals surface area contributed by atoms with Crippen molar-refractivity contribution in [3.05, 3.63) is 0 Å². The fourth-order valence-electron chi connectivity index (χ4n) is 10.7. The Balaban J connectivity index is 5.23. The van der Waals surface area contributed by atoms with Crippen LogP contribution in [0.3, 0.4) is 0 Å². The number of aliphatic hydroxyl groups excluding tert-OH is 1. The molecule has 0 saturated carbocycles. The Morgan fingerprint density at radius 2 is 0.511 bits per heavy atom. The molecule has 0 heterocycles. The number of rotatable bonds is 69. The fraction of sp³-hybridized carbons (Fsp3) is 0.944. The Hall–Kier alpha value is -1.94. The van der Waals surface area contributed by atoms with Crippen molar-refractivity contribution in [3.63, 3.8) is 0 Å². The maximum absolute atomic E-state index is 13.0. The molecule has 19 heteroatoms. The summed E-state index contributed by atoms with van der Waals surface area (Å²) in [5.41, 5.74) is 0.